The van der Waals surface area contributed by atoms with Gasteiger partial charge in [0.2, 0.25) is 0 Å². The highest BCUT2D eigenvalue weighted by Crippen LogP contribution is 2.26. The van der Waals surface area contributed by atoms with E-state index in [1.807, 2.05) is 18.2 Å². The minimum absolute atomic E-state index is 0.00238. The summed E-state index contributed by atoms with van der Waals surface area (Å²) in [6.07, 6.45) is -0.00238. The first-order valence-corrected chi connectivity index (χ1v) is 5.97. The average Bonchev–Trinajstić information content (AvgIpc) is 2.24. The first kappa shape index (κ1) is 11.2. The molecular weight excluding hydrogens is 279 g/mol. The fourth-order valence-corrected chi connectivity index (χ4v) is 2.17. The summed E-state index contributed by atoms with van der Waals surface area (Å²) in [5.41, 5.74) is 0.897. The van der Waals surface area contributed by atoms with Crippen LogP contribution < -0.4 is 10.6 Å². The van der Waals surface area contributed by atoms with Crippen molar-refractivity contribution in [3.63, 3.8) is 0 Å². The number of halogens is 2. The monoisotopic (exact) mass is 290 g/mol. The van der Waals surface area contributed by atoms with Crippen LogP contribution in [-0.2, 0) is 4.74 Å². The van der Waals surface area contributed by atoms with Crippen molar-refractivity contribution in [3.8, 4) is 0 Å². The molecule has 0 saturated carbocycles. The zero-order chi connectivity index (χ0) is 10.7. The first-order valence-electron chi connectivity index (χ1n) is 4.79. The lowest BCUT2D eigenvalue weighted by Crippen LogP contribution is -2.42. The second-order valence-corrected chi connectivity index (χ2v) is 4.65. The van der Waals surface area contributed by atoms with Gasteiger partial charge in [0.05, 0.1) is 17.3 Å². The summed E-state index contributed by atoms with van der Waals surface area (Å²) in [6.45, 7) is 2.43. The van der Waals surface area contributed by atoms with Crippen LogP contribution in [0.1, 0.15) is 0 Å². The number of nitrogens with one attached hydrogen (secondary N) is 2. The van der Waals surface area contributed by atoms with E-state index in [0.29, 0.717) is 5.02 Å². The van der Waals surface area contributed by atoms with Gasteiger partial charge in [-0.2, -0.15) is 0 Å². The Labute approximate surface area is 102 Å². The van der Waals surface area contributed by atoms with Gasteiger partial charge in [0.25, 0.3) is 0 Å². The normalized spacial score (nSPS) is 21.3. The van der Waals surface area contributed by atoms with Gasteiger partial charge in [0, 0.05) is 17.6 Å². The third-order valence-corrected chi connectivity index (χ3v) is 2.98. The van der Waals surface area contributed by atoms with Gasteiger partial charge in [-0.15, -0.1) is 0 Å². The van der Waals surface area contributed by atoms with Crippen LogP contribution in [0.5, 0.6) is 0 Å². The molecule has 82 valence electrons. The lowest BCUT2D eigenvalue weighted by molar-refractivity contribution is 0.0469. The molecule has 15 heavy (non-hydrogen) atoms. The van der Waals surface area contributed by atoms with Crippen molar-refractivity contribution in [2.75, 3.05) is 25.0 Å². The van der Waals surface area contributed by atoms with Gasteiger partial charge in [-0.25, -0.2) is 0 Å². The molecule has 2 N–H and O–H groups in total. The molecule has 1 saturated heterocycles. The summed E-state index contributed by atoms with van der Waals surface area (Å²) in [4.78, 5) is 0. The number of rotatable bonds is 2. The van der Waals surface area contributed by atoms with E-state index < -0.39 is 0 Å². The summed E-state index contributed by atoms with van der Waals surface area (Å²) in [7, 11) is 0. The van der Waals surface area contributed by atoms with E-state index in [9.17, 15) is 0 Å². The highest BCUT2D eigenvalue weighted by molar-refractivity contribution is 9.10. The molecule has 1 aromatic carbocycles. The number of ether oxygens (including phenoxy) is 1. The number of morpholine rings is 1. The first-order chi connectivity index (χ1) is 7.25. The second-order valence-electron chi connectivity index (χ2n) is 3.33. The maximum absolute atomic E-state index is 6.08. The average molecular weight is 292 g/mol. The molecule has 0 aromatic heterocycles. The molecule has 3 nitrogen and oxygen atoms in total. The van der Waals surface area contributed by atoms with E-state index in [0.717, 1.165) is 29.9 Å². The lowest BCUT2D eigenvalue weighted by atomic mass is 10.3. The highest BCUT2D eigenvalue weighted by atomic mass is 79.9. The summed E-state index contributed by atoms with van der Waals surface area (Å²) < 4.78 is 6.50. The van der Waals surface area contributed by atoms with Gasteiger partial charge in [-0.05, 0) is 18.2 Å². The van der Waals surface area contributed by atoms with Crippen molar-refractivity contribution in [2.24, 2.45) is 0 Å². The Morgan fingerprint density at radius 3 is 3.07 bits per heavy atom. The van der Waals surface area contributed by atoms with Crippen LogP contribution in [0.25, 0.3) is 0 Å². The van der Waals surface area contributed by atoms with Gasteiger partial charge >= 0.3 is 0 Å². The minimum atomic E-state index is -0.00238. The Balaban J connectivity index is 2.03. The fraction of sp³-hybridized carbons (Fsp3) is 0.400. The largest absolute Gasteiger partial charge is 0.358 e. The highest BCUT2D eigenvalue weighted by Gasteiger charge is 2.13. The molecule has 1 atom stereocenters. The summed E-state index contributed by atoms with van der Waals surface area (Å²) >= 11 is 9.45. The SMILES string of the molecule is Clc1cc(Br)ccc1NC1CNCCO1. The molecule has 1 heterocycles. The predicted octanol–water partition coefficient (Wildman–Crippen LogP) is 2.46. The van der Waals surface area contributed by atoms with Crippen LogP contribution in [0.2, 0.25) is 5.02 Å². The molecule has 1 aliphatic rings. The minimum Gasteiger partial charge on any atom is -0.358 e. The molecule has 0 amide bonds. The summed E-state index contributed by atoms with van der Waals surface area (Å²) in [5.74, 6) is 0. The van der Waals surface area contributed by atoms with Crippen molar-refractivity contribution < 1.29 is 4.74 Å². The Hall–Kier alpha value is -0.290. The number of hydrogen-bond donors (Lipinski definition) is 2. The van der Waals surface area contributed by atoms with E-state index in [4.69, 9.17) is 16.3 Å². The standard InChI is InChI=1S/C10H12BrClN2O/c11-7-1-2-9(8(12)5-7)14-10-6-13-3-4-15-10/h1-2,5,10,13-14H,3-4,6H2. The van der Waals surface area contributed by atoms with E-state index >= 15 is 0 Å². The molecule has 0 radical (unpaired) electrons. The molecule has 2 rings (SSSR count). The van der Waals surface area contributed by atoms with Crippen molar-refractivity contribution in [3.05, 3.63) is 27.7 Å². The number of anilines is 1. The molecule has 1 fully saturated rings. The lowest BCUT2D eigenvalue weighted by Gasteiger charge is -2.25. The second kappa shape index (κ2) is 5.16. The van der Waals surface area contributed by atoms with Crippen molar-refractivity contribution in [1.29, 1.82) is 0 Å². The Morgan fingerprint density at radius 1 is 1.53 bits per heavy atom. The number of benzene rings is 1. The van der Waals surface area contributed by atoms with Crippen molar-refractivity contribution in [2.45, 2.75) is 6.23 Å². The van der Waals surface area contributed by atoms with E-state index in [1.54, 1.807) is 0 Å². The fourth-order valence-electron chi connectivity index (χ4n) is 1.44. The van der Waals surface area contributed by atoms with Gasteiger partial charge in [0.1, 0.15) is 6.23 Å². The van der Waals surface area contributed by atoms with Crippen molar-refractivity contribution >= 4 is 33.2 Å². The Morgan fingerprint density at radius 2 is 2.40 bits per heavy atom. The Bertz CT molecular complexity index is 342. The quantitative estimate of drug-likeness (QED) is 0.878. The molecule has 1 aliphatic heterocycles. The van der Waals surface area contributed by atoms with Gasteiger partial charge in [-0.3, -0.25) is 0 Å². The van der Waals surface area contributed by atoms with Crippen LogP contribution in [0, 0.1) is 0 Å². The molecule has 1 unspecified atom stereocenters. The zero-order valence-corrected chi connectivity index (χ0v) is 10.4. The molecule has 0 bridgehead atoms. The van der Waals surface area contributed by atoms with E-state index in [1.165, 1.54) is 0 Å². The van der Waals surface area contributed by atoms with Gasteiger partial charge in [0.15, 0.2) is 0 Å². The molecule has 1 aromatic rings. The van der Waals surface area contributed by atoms with Crippen LogP contribution in [0.15, 0.2) is 22.7 Å². The van der Waals surface area contributed by atoms with Gasteiger partial charge in [-0.1, -0.05) is 27.5 Å². The third kappa shape index (κ3) is 3.08. The van der Waals surface area contributed by atoms with E-state index in [2.05, 4.69) is 26.6 Å². The van der Waals surface area contributed by atoms with Crippen LogP contribution in [0.3, 0.4) is 0 Å². The smallest absolute Gasteiger partial charge is 0.140 e. The van der Waals surface area contributed by atoms with Crippen LogP contribution in [0.4, 0.5) is 5.69 Å². The zero-order valence-electron chi connectivity index (χ0n) is 8.09. The van der Waals surface area contributed by atoms with Crippen LogP contribution in [-0.4, -0.2) is 25.9 Å². The number of hydrogen-bond acceptors (Lipinski definition) is 3. The van der Waals surface area contributed by atoms with E-state index in [-0.39, 0.29) is 6.23 Å². The van der Waals surface area contributed by atoms with Crippen LogP contribution >= 0.6 is 27.5 Å². The summed E-state index contributed by atoms with van der Waals surface area (Å²) in [6, 6.07) is 5.75. The predicted molar refractivity (Wildman–Crippen MR) is 65.4 cm³/mol. The molecular formula is C10H12BrClN2O. The molecule has 5 heteroatoms. The topological polar surface area (TPSA) is 33.3 Å². The van der Waals surface area contributed by atoms with Crippen molar-refractivity contribution in [1.82, 2.24) is 5.32 Å². The third-order valence-electron chi connectivity index (χ3n) is 2.18. The maximum atomic E-state index is 6.08. The summed E-state index contributed by atoms with van der Waals surface area (Å²) in [5, 5.41) is 7.18. The Kier molecular flexibility index (Phi) is 3.86. The molecule has 0 spiro atoms. The molecule has 0 aliphatic carbocycles. The van der Waals surface area contributed by atoms with Gasteiger partial charge < -0.3 is 15.4 Å². The maximum Gasteiger partial charge on any atom is 0.140 e.